The summed E-state index contributed by atoms with van der Waals surface area (Å²) in [5.41, 5.74) is 0. The molecular weight excluding hydrogens is 142 g/mol. The van der Waals surface area contributed by atoms with Gasteiger partial charge >= 0.3 is 0 Å². The number of alkyl halides is 2. The molecule has 2 aliphatic heterocycles. The van der Waals surface area contributed by atoms with Crippen LogP contribution >= 0.6 is 0 Å². The number of hydrogen-bond donors (Lipinski definition) is 0. The van der Waals surface area contributed by atoms with E-state index in [-0.39, 0.29) is 12.2 Å². The number of halogens is 2. The molecular formula is C6H6F2O2. The summed E-state index contributed by atoms with van der Waals surface area (Å²) in [6.45, 7) is 0. The molecule has 4 atom stereocenters. The maximum Gasteiger partial charge on any atom is 0.167 e. The van der Waals surface area contributed by atoms with Crippen molar-refractivity contribution in [1.82, 2.24) is 0 Å². The number of Topliss-reactive ketones (excluding diaryl/α,β-unsaturated/α-hetero) is 1. The Morgan fingerprint density at radius 3 is 2.50 bits per heavy atom. The van der Waals surface area contributed by atoms with Crippen molar-refractivity contribution in [3.8, 4) is 0 Å². The van der Waals surface area contributed by atoms with Gasteiger partial charge in [0.1, 0.15) is 0 Å². The third-order valence-corrected chi connectivity index (χ3v) is 1.99. The summed E-state index contributed by atoms with van der Waals surface area (Å²) in [6.07, 6.45) is -5.15. The van der Waals surface area contributed by atoms with Crippen molar-refractivity contribution in [1.29, 1.82) is 0 Å². The van der Waals surface area contributed by atoms with E-state index in [4.69, 9.17) is 4.74 Å². The first kappa shape index (κ1) is 6.22. The van der Waals surface area contributed by atoms with Crippen LogP contribution in [0.5, 0.6) is 0 Å². The van der Waals surface area contributed by atoms with Crippen molar-refractivity contribution in [2.75, 3.05) is 0 Å². The maximum atomic E-state index is 12.5. The fourth-order valence-electron chi connectivity index (χ4n) is 1.44. The molecule has 2 bridgehead atoms. The van der Waals surface area contributed by atoms with Crippen molar-refractivity contribution in [2.24, 2.45) is 0 Å². The van der Waals surface area contributed by atoms with Crippen LogP contribution in [-0.2, 0) is 9.53 Å². The number of hydrogen-bond acceptors (Lipinski definition) is 2. The molecule has 10 heavy (non-hydrogen) atoms. The monoisotopic (exact) mass is 148 g/mol. The van der Waals surface area contributed by atoms with E-state index >= 15 is 0 Å². The molecule has 0 saturated carbocycles. The lowest BCUT2D eigenvalue weighted by Gasteiger charge is -2.12. The van der Waals surface area contributed by atoms with Gasteiger partial charge in [-0.1, -0.05) is 0 Å². The predicted octanol–water partition coefficient (Wildman–Crippen LogP) is 0.403. The summed E-state index contributed by atoms with van der Waals surface area (Å²) in [7, 11) is 0. The molecule has 2 rings (SSSR count). The molecule has 0 aliphatic carbocycles. The summed E-state index contributed by atoms with van der Waals surface area (Å²) >= 11 is 0. The first-order valence-electron chi connectivity index (χ1n) is 3.16. The molecule has 0 spiro atoms. The first-order valence-corrected chi connectivity index (χ1v) is 3.16. The van der Waals surface area contributed by atoms with E-state index in [1.165, 1.54) is 0 Å². The average Bonchev–Trinajstić information content (AvgIpc) is 2.36. The third kappa shape index (κ3) is 0.572. The van der Waals surface area contributed by atoms with Gasteiger partial charge in [-0.05, 0) is 0 Å². The Labute approximate surface area is 56.2 Å². The number of rotatable bonds is 0. The Morgan fingerprint density at radius 2 is 2.10 bits per heavy atom. The van der Waals surface area contributed by atoms with Crippen LogP contribution in [-0.4, -0.2) is 30.3 Å². The summed E-state index contributed by atoms with van der Waals surface area (Å²) in [5.74, 6) is -0.300. The van der Waals surface area contributed by atoms with E-state index in [0.717, 1.165) is 0 Å². The molecule has 0 aromatic rings. The van der Waals surface area contributed by atoms with Gasteiger partial charge in [-0.3, -0.25) is 4.79 Å². The average molecular weight is 148 g/mol. The molecule has 2 nitrogen and oxygen atoms in total. The quantitative estimate of drug-likeness (QED) is 0.497. The van der Waals surface area contributed by atoms with Gasteiger partial charge in [0.2, 0.25) is 0 Å². The van der Waals surface area contributed by atoms with Gasteiger partial charge in [-0.15, -0.1) is 0 Å². The van der Waals surface area contributed by atoms with Gasteiger partial charge in [0.15, 0.2) is 24.2 Å². The molecule has 0 aromatic carbocycles. The zero-order valence-corrected chi connectivity index (χ0v) is 5.09. The van der Waals surface area contributed by atoms with Crippen molar-refractivity contribution < 1.29 is 18.3 Å². The van der Waals surface area contributed by atoms with Crippen LogP contribution in [0.15, 0.2) is 0 Å². The standard InChI is InChI=1S/C6H6F2O2/c7-4-3-1-2(9)6(10-3)5(4)8/h3-6H,1H2. The van der Waals surface area contributed by atoms with Gasteiger partial charge in [-0.25, -0.2) is 8.78 Å². The number of fused-ring (bicyclic) bond motifs is 2. The fourth-order valence-corrected chi connectivity index (χ4v) is 1.44. The zero-order valence-electron chi connectivity index (χ0n) is 5.09. The summed E-state index contributed by atoms with van der Waals surface area (Å²) in [4.78, 5) is 10.7. The molecule has 4 heteroatoms. The molecule has 0 aromatic heterocycles. The maximum absolute atomic E-state index is 12.5. The predicted molar refractivity (Wildman–Crippen MR) is 28.1 cm³/mol. The SMILES string of the molecule is O=C1CC2OC1C(F)C2F. The fraction of sp³-hybridized carbons (Fsp3) is 0.833. The molecule has 2 fully saturated rings. The Bertz CT molecular complexity index is 181. The molecule has 0 N–H and O–H groups in total. The van der Waals surface area contributed by atoms with Crippen molar-refractivity contribution in [3.63, 3.8) is 0 Å². The largest absolute Gasteiger partial charge is 0.360 e. The van der Waals surface area contributed by atoms with E-state index < -0.39 is 24.6 Å². The lowest BCUT2D eigenvalue weighted by atomic mass is 9.96. The summed E-state index contributed by atoms with van der Waals surface area (Å²) in [5, 5.41) is 0. The highest BCUT2D eigenvalue weighted by atomic mass is 19.2. The lowest BCUT2D eigenvalue weighted by Crippen LogP contribution is -2.36. The highest BCUT2D eigenvalue weighted by molar-refractivity contribution is 5.87. The molecule has 0 amide bonds. The number of ether oxygens (including phenoxy) is 1. The second kappa shape index (κ2) is 1.75. The van der Waals surface area contributed by atoms with Crippen LogP contribution in [0.3, 0.4) is 0 Å². The van der Waals surface area contributed by atoms with Crippen LogP contribution in [0.1, 0.15) is 6.42 Å². The second-order valence-corrected chi connectivity index (χ2v) is 2.65. The normalized spacial score (nSPS) is 52.4. The van der Waals surface area contributed by atoms with Gasteiger partial charge in [0, 0.05) is 6.42 Å². The minimum absolute atomic E-state index is 0.0479. The summed E-state index contributed by atoms with van der Waals surface area (Å²) in [6, 6.07) is 0. The highest BCUT2D eigenvalue weighted by Crippen LogP contribution is 2.35. The lowest BCUT2D eigenvalue weighted by molar-refractivity contribution is -0.124. The number of carbonyl (C=O) groups is 1. The molecule has 0 radical (unpaired) electrons. The van der Waals surface area contributed by atoms with Crippen LogP contribution < -0.4 is 0 Å². The first-order chi connectivity index (χ1) is 4.70. The van der Waals surface area contributed by atoms with Crippen LogP contribution in [0, 0.1) is 0 Å². The van der Waals surface area contributed by atoms with Crippen molar-refractivity contribution in [3.05, 3.63) is 0 Å². The van der Waals surface area contributed by atoms with E-state index in [9.17, 15) is 13.6 Å². The Morgan fingerprint density at radius 1 is 1.40 bits per heavy atom. The summed E-state index contributed by atoms with van der Waals surface area (Å²) < 4.78 is 29.8. The smallest absolute Gasteiger partial charge is 0.167 e. The number of ketones is 1. The Balaban J connectivity index is 2.24. The minimum Gasteiger partial charge on any atom is -0.360 e. The zero-order chi connectivity index (χ0) is 7.30. The third-order valence-electron chi connectivity index (χ3n) is 1.99. The van der Waals surface area contributed by atoms with Gasteiger partial charge in [0.05, 0.1) is 6.10 Å². The molecule has 56 valence electrons. The Kier molecular flexibility index (Phi) is 1.09. The van der Waals surface area contributed by atoms with Crippen LogP contribution in [0.4, 0.5) is 8.78 Å². The second-order valence-electron chi connectivity index (χ2n) is 2.65. The van der Waals surface area contributed by atoms with Gasteiger partial charge in [0.25, 0.3) is 0 Å². The molecule has 2 aliphatic rings. The number of carbonyl (C=O) groups excluding carboxylic acids is 1. The Hall–Kier alpha value is -0.510. The van der Waals surface area contributed by atoms with Gasteiger partial charge < -0.3 is 4.74 Å². The van der Waals surface area contributed by atoms with Crippen molar-refractivity contribution >= 4 is 5.78 Å². The topological polar surface area (TPSA) is 26.3 Å². The van der Waals surface area contributed by atoms with E-state index in [0.29, 0.717) is 0 Å². The molecule has 2 heterocycles. The minimum atomic E-state index is -1.72. The van der Waals surface area contributed by atoms with Crippen LogP contribution in [0.2, 0.25) is 0 Å². The highest BCUT2D eigenvalue weighted by Gasteiger charge is 2.55. The van der Waals surface area contributed by atoms with E-state index in [1.807, 2.05) is 0 Å². The van der Waals surface area contributed by atoms with Crippen molar-refractivity contribution in [2.45, 2.75) is 31.0 Å². The van der Waals surface area contributed by atoms with E-state index in [2.05, 4.69) is 0 Å². The van der Waals surface area contributed by atoms with Crippen LogP contribution in [0.25, 0.3) is 0 Å². The van der Waals surface area contributed by atoms with Gasteiger partial charge in [-0.2, -0.15) is 0 Å². The van der Waals surface area contributed by atoms with E-state index in [1.54, 1.807) is 0 Å². The molecule has 2 saturated heterocycles. The molecule has 4 unspecified atom stereocenters.